The van der Waals surface area contributed by atoms with Crippen LogP contribution in [0.5, 0.6) is 0 Å². The number of nitrogens with one attached hydrogen (secondary N) is 3. The molecule has 4 unspecified atom stereocenters. The molecule has 0 aromatic heterocycles. The van der Waals surface area contributed by atoms with Crippen molar-refractivity contribution in [2.24, 2.45) is 11.8 Å². The van der Waals surface area contributed by atoms with Gasteiger partial charge in [0, 0.05) is 12.5 Å². The van der Waals surface area contributed by atoms with Gasteiger partial charge >= 0.3 is 6.09 Å². The van der Waals surface area contributed by atoms with Crippen molar-refractivity contribution in [3.05, 3.63) is 35.9 Å². The molecule has 178 valence electrons. The van der Waals surface area contributed by atoms with Crippen LogP contribution >= 0.6 is 0 Å². The van der Waals surface area contributed by atoms with Crippen molar-refractivity contribution in [2.75, 3.05) is 13.2 Å². The van der Waals surface area contributed by atoms with Crippen molar-refractivity contribution in [3.63, 3.8) is 0 Å². The molecule has 4 N–H and O–H groups in total. The molecule has 2 rings (SSSR count). The van der Waals surface area contributed by atoms with Gasteiger partial charge in [-0.25, -0.2) is 4.79 Å². The number of carbonyl (C=O) groups excluding carboxylic acids is 3. The fourth-order valence-electron chi connectivity index (χ4n) is 3.93. The van der Waals surface area contributed by atoms with Gasteiger partial charge in [0.1, 0.15) is 12.1 Å². The molecule has 1 saturated heterocycles. The SMILES string of the molecule is CCCC(OC(=O)NC(CC(C)C)C(=O)NC(CO)CC1CCNC1=O)c1ccccc1. The zero-order chi connectivity index (χ0) is 23.5. The largest absolute Gasteiger partial charge is 0.441 e. The molecule has 1 aliphatic rings. The van der Waals surface area contributed by atoms with Crippen molar-refractivity contribution >= 4 is 17.9 Å². The number of alkyl carbamates (subject to hydrolysis) is 1. The average molecular weight is 448 g/mol. The molecule has 0 spiro atoms. The maximum atomic E-state index is 12.9. The second-order valence-electron chi connectivity index (χ2n) is 8.82. The Hall–Kier alpha value is -2.61. The van der Waals surface area contributed by atoms with Crippen molar-refractivity contribution in [3.8, 4) is 0 Å². The van der Waals surface area contributed by atoms with Crippen LogP contribution in [0.1, 0.15) is 64.5 Å². The topological polar surface area (TPSA) is 117 Å². The Labute approximate surface area is 190 Å². The van der Waals surface area contributed by atoms with E-state index in [9.17, 15) is 19.5 Å². The first-order valence-electron chi connectivity index (χ1n) is 11.5. The average Bonchev–Trinajstić information content (AvgIpc) is 3.17. The number of carbonyl (C=O) groups is 3. The van der Waals surface area contributed by atoms with Crippen LogP contribution in [0, 0.1) is 11.8 Å². The Morgan fingerprint density at radius 3 is 2.50 bits per heavy atom. The molecule has 8 nitrogen and oxygen atoms in total. The maximum absolute atomic E-state index is 12.9. The Morgan fingerprint density at radius 2 is 1.94 bits per heavy atom. The molecule has 1 aromatic rings. The third kappa shape index (κ3) is 8.15. The highest BCUT2D eigenvalue weighted by molar-refractivity contribution is 5.86. The van der Waals surface area contributed by atoms with E-state index in [4.69, 9.17) is 4.74 Å². The molecule has 8 heteroatoms. The lowest BCUT2D eigenvalue weighted by molar-refractivity contribution is -0.126. The summed E-state index contributed by atoms with van der Waals surface area (Å²) >= 11 is 0. The first-order valence-corrected chi connectivity index (χ1v) is 11.5. The smallest absolute Gasteiger partial charge is 0.408 e. The predicted octanol–water partition coefficient (Wildman–Crippen LogP) is 2.67. The molecule has 0 bridgehead atoms. The van der Waals surface area contributed by atoms with Gasteiger partial charge in [-0.05, 0) is 37.2 Å². The first-order chi connectivity index (χ1) is 15.3. The molecule has 1 aromatic carbocycles. The van der Waals surface area contributed by atoms with E-state index in [1.54, 1.807) is 0 Å². The Kier molecular flexibility index (Phi) is 10.5. The van der Waals surface area contributed by atoms with Gasteiger partial charge in [-0.15, -0.1) is 0 Å². The third-order valence-electron chi connectivity index (χ3n) is 5.59. The summed E-state index contributed by atoms with van der Waals surface area (Å²) in [5, 5.41) is 18.0. The van der Waals surface area contributed by atoms with Crippen molar-refractivity contribution in [1.82, 2.24) is 16.0 Å². The van der Waals surface area contributed by atoms with E-state index < -0.39 is 24.3 Å². The molecule has 0 radical (unpaired) electrons. The van der Waals surface area contributed by atoms with E-state index in [0.717, 1.165) is 12.0 Å². The van der Waals surface area contributed by atoms with Gasteiger partial charge in [-0.2, -0.15) is 0 Å². The minimum Gasteiger partial charge on any atom is -0.441 e. The summed E-state index contributed by atoms with van der Waals surface area (Å²) in [7, 11) is 0. The van der Waals surface area contributed by atoms with Gasteiger partial charge in [0.05, 0.1) is 12.6 Å². The lowest BCUT2D eigenvalue weighted by Crippen LogP contribution is -2.51. The lowest BCUT2D eigenvalue weighted by atomic mass is 9.97. The fraction of sp³-hybridized carbons (Fsp3) is 0.625. The quantitative estimate of drug-likeness (QED) is 0.393. The summed E-state index contributed by atoms with van der Waals surface area (Å²) in [6.45, 7) is 6.28. The molecule has 1 aliphatic heterocycles. The molecule has 1 heterocycles. The van der Waals surface area contributed by atoms with E-state index in [0.29, 0.717) is 32.2 Å². The summed E-state index contributed by atoms with van der Waals surface area (Å²) in [6.07, 6.45) is 1.94. The molecule has 32 heavy (non-hydrogen) atoms. The predicted molar refractivity (Wildman–Crippen MR) is 122 cm³/mol. The summed E-state index contributed by atoms with van der Waals surface area (Å²) in [5.74, 6) is -0.518. The normalized spacial score (nSPS) is 18.5. The summed E-state index contributed by atoms with van der Waals surface area (Å²) in [5.41, 5.74) is 0.907. The summed E-state index contributed by atoms with van der Waals surface area (Å²) in [4.78, 5) is 37.4. The van der Waals surface area contributed by atoms with Gasteiger partial charge in [0.25, 0.3) is 0 Å². The standard InChI is InChI=1S/C24H37N3O5/c1-4-8-21(17-9-6-5-7-10-17)32-24(31)27-20(13-16(2)3)23(30)26-19(15-28)14-18-11-12-25-22(18)29/h5-7,9-10,16,18-21,28H,4,8,11-15H2,1-3H3,(H,25,29)(H,26,30)(H,27,31). The number of rotatable bonds is 12. The highest BCUT2D eigenvalue weighted by Crippen LogP contribution is 2.23. The molecule has 0 saturated carbocycles. The summed E-state index contributed by atoms with van der Waals surface area (Å²) in [6, 6.07) is 8.17. The van der Waals surface area contributed by atoms with Crippen molar-refractivity contribution < 1.29 is 24.2 Å². The van der Waals surface area contributed by atoms with E-state index >= 15 is 0 Å². The summed E-state index contributed by atoms with van der Waals surface area (Å²) < 4.78 is 5.66. The molecule has 0 aliphatic carbocycles. The van der Waals surface area contributed by atoms with Gasteiger partial charge in [-0.1, -0.05) is 57.5 Å². The molecule has 4 atom stereocenters. The number of hydrogen-bond acceptors (Lipinski definition) is 5. The van der Waals surface area contributed by atoms with Crippen LogP contribution in [-0.4, -0.2) is 48.2 Å². The van der Waals surface area contributed by atoms with Crippen LogP contribution < -0.4 is 16.0 Å². The number of aliphatic hydroxyl groups excluding tert-OH is 1. The highest BCUT2D eigenvalue weighted by atomic mass is 16.6. The van der Waals surface area contributed by atoms with Crippen LogP contribution in [-0.2, 0) is 14.3 Å². The van der Waals surface area contributed by atoms with Gasteiger partial charge < -0.3 is 25.8 Å². The van der Waals surface area contributed by atoms with Crippen LogP contribution in [0.2, 0.25) is 0 Å². The zero-order valence-corrected chi connectivity index (χ0v) is 19.3. The zero-order valence-electron chi connectivity index (χ0n) is 19.3. The van der Waals surface area contributed by atoms with Gasteiger partial charge in [0.15, 0.2) is 0 Å². The molecular weight excluding hydrogens is 410 g/mol. The van der Waals surface area contributed by atoms with Crippen molar-refractivity contribution in [1.29, 1.82) is 0 Å². The van der Waals surface area contributed by atoms with E-state index in [2.05, 4.69) is 16.0 Å². The molecular formula is C24H37N3O5. The third-order valence-corrected chi connectivity index (χ3v) is 5.59. The fourth-order valence-corrected chi connectivity index (χ4v) is 3.93. The lowest BCUT2D eigenvalue weighted by Gasteiger charge is -2.25. The van der Waals surface area contributed by atoms with Crippen LogP contribution in [0.15, 0.2) is 30.3 Å². The first kappa shape index (κ1) is 25.6. The van der Waals surface area contributed by atoms with E-state index in [-0.39, 0.29) is 30.3 Å². The molecule has 1 fully saturated rings. The second kappa shape index (κ2) is 13.1. The minimum absolute atomic E-state index is 0.0546. The maximum Gasteiger partial charge on any atom is 0.408 e. The number of ether oxygens (including phenoxy) is 1. The van der Waals surface area contributed by atoms with Crippen molar-refractivity contribution in [2.45, 2.75) is 71.1 Å². The Bertz CT molecular complexity index is 740. The van der Waals surface area contributed by atoms with Gasteiger partial charge in [0.2, 0.25) is 11.8 Å². The number of benzene rings is 1. The second-order valence-corrected chi connectivity index (χ2v) is 8.82. The van der Waals surface area contributed by atoms with E-state index in [1.165, 1.54) is 0 Å². The van der Waals surface area contributed by atoms with E-state index in [1.807, 2.05) is 51.1 Å². The molecule has 3 amide bonds. The highest BCUT2D eigenvalue weighted by Gasteiger charge is 2.30. The monoisotopic (exact) mass is 447 g/mol. The number of aliphatic hydroxyl groups is 1. The minimum atomic E-state index is -0.799. The van der Waals surface area contributed by atoms with Gasteiger partial charge in [-0.3, -0.25) is 9.59 Å². The Balaban J connectivity index is 2.00. The van der Waals surface area contributed by atoms with Crippen LogP contribution in [0.25, 0.3) is 0 Å². The number of amides is 3. The van der Waals surface area contributed by atoms with Crippen LogP contribution in [0.3, 0.4) is 0 Å². The Morgan fingerprint density at radius 1 is 1.22 bits per heavy atom. The number of hydrogen-bond donors (Lipinski definition) is 4. The van der Waals surface area contributed by atoms with Crippen LogP contribution in [0.4, 0.5) is 4.79 Å².